The maximum Gasteiger partial charge on any atom is 0.253 e. The molecular weight excluding hydrogens is 296 g/mol. The highest BCUT2D eigenvalue weighted by molar-refractivity contribution is 6.34. The van der Waals surface area contributed by atoms with Crippen molar-refractivity contribution in [3.63, 3.8) is 0 Å². The van der Waals surface area contributed by atoms with Crippen molar-refractivity contribution in [2.45, 2.75) is 18.9 Å². The largest absolute Gasteiger partial charge is 0.508 e. The minimum Gasteiger partial charge on any atom is -0.508 e. The van der Waals surface area contributed by atoms with Gasteiger partial charge in [0, 0.05) is 11.8 Å². The third kappa shape index (κ3) is 3.44. The van der Waals surface area contributed by atoms with Crippen LogP contribution in [-0.2, 0) is 0 Å². The first-order valence-electron chi connectivity index (χ1n) is 5.41. The molecule has 2 N–H and O–H groups in total. The van der Waals surface area contributed by atoms with Crippen LogP contribution in [0.15, 0.2) is 18.2 Å². The van der Waals surface area contributed by atoms with E-state index in [0.717, 1.165) is 0 Å². The van der Waals surface area contributed by atoms with E-state index in [1.54, 1.807) is 0 Å². The molecule has 0 bridgehead atoms. The zero-order chi connectivity index (χ0) is 13.8. The standard InChI is InChI=1S/C12H14Cl3NO2/c1-2-12(6-13,7-14)16-11(18)9-5-8(17)3-4-10(9)15/h3-5,17H,2,6-7H2,1H3,(H,16,18). The molecule has 0 fully saturated rings. The van der Waals surface area contributed by atoms with E-state index in [9.17, 15) is 9.90 Å². The molecule has 0 unspecified atom stereocenters. The van der Waals surface area contributed by atoms with Crippen molar-refractivity contribution in [3.05, 3.63) is 28.8 Å². The number of rotatable bonds is 5. The average Bonchev–Trinajstić information content (AvgIpc) is 2.38. The Morgan fingerprint density at radius 2 is 2.00 bits per heavy atom. The molecule has 1 aromatic rings. The third-order valence-electron chi connectivity index (χ3n) is 2.76. The monoisotopic (exact) mass is 309 g/mol. The molecular formula is C12H14Cl3NO2. The van der Waals surface area contributed by atoms with Gasteiger partial charge in [0.1, 0.15) is 5.75 Å². The van der Waals surface area contributed by atoms with E-state index in [4.69, 9.17) is 34.8 Å². The summed E-state index contributed by atoms with van der Waals surface area (Å²) in [6, 6.07) is 4.18. The van der Waals surface area contributed by atoms with Gasteiger partial charge in [0.2, 0.25) is 0 Å². The van der Waals surface area contributed by atoms with E-state index < -0.39 is 11.4 Å². The lowest BCUT2D eigenvalue weighted by Crippen LogP contribution is -2.51. The van der Waals surface area contributed by atoms with Crippen molar-refractivity contribution in [1.29, 1.82) is 0 Å². The molecule has 0 atom stereocenters. The Hall–Kier alpha value is -0.640. The minimum absolute atomic E-state index is 0.0246. The van der Waals surface area contributed by atoms with Crippen LogP contribution in [-0.4, -0.2) is 28.3 Å². The molecule has 3 nitrogen and oxygen atoms in total. The van der Waals surface area contributed by atoms with E-state index in [1.807, 2.05) is 6.92 Å². The molecule has 1 rings (SSSR count). The lowest BCUT2D eigenvalue weighted by molar-refractivity contribution is 0.0913. The highest BCUT2D eigenvalue weighted by Crippen LogP contribution is 2.23. The summed E-state index contributed by atoms with van der Waals surface area (Å²) < 4.78 is 0. The third-order valence-corrected chi connectivity index (χ3v) is 4.11. The van der Waals surface area contributed by atoms with E-state index in [-0.39, 0.29) is 28.1 Å². The van der Waals surface area contributed by atoms with Gasteiger partial charge in [-0.1, -0.05) is 18.5 Å². The molecule has 100 valence electrons. The maximum atomic E-state index is 12.1. The number of halogens is 3. The second-order valence-corrected chi connectivity index (χ2v) is 4.96. The molecule has 1 amide bonds. The maximum absolute atomic E-state index is 12.1. The zero-order valence-corrected chi connectivity index (χ0v) is 12.1. The fraction of sp³-hybridized carbons (Fsp3) is 0.417. The van der Waals surface area contributed by atoms with Crippen LogP contribution in [0, 0.1) is 0 Å². The number of hydrogen-bond donors (Lipinski definition) is 2. The number of carbonyl (C=O) groups is 1. The summed E-state index contributed by atoms with van der Waals surface area (Å²) >= 11 is 17.6. The summed E-state index contributed by atoms with van der Waals surface area (Å²) in [4.78, 5) is 12.1. The SMILES string of the molecule is CCC(CCl)(CCl)NC(=O)c1cc(O)ccc1Cl. The Morgan fingerprint density at radius 3 is 2.50 bits per heavy atom. The van der Waals surface area contributed by atoms with Crippen LogP contribution in [0.3, 0.4) is 0 Å². The van der Waals surface area contributed by atoms with Crippen LogP contribution in [0.4, 0.5) is 0 Å². The van der Waals surface area contributed by atoms with Crippen molar-refractivity contribution < 1.29 is 9.90 Å². The molecule has 18 heavy (non-hydrogen) atoms. The van der Waals surface area contributed by atoms with Crippen LogP contribution in [0.1, 0.15) is 23.7 Å². The Labute approximate surface area is 121 Å². The first-order chi connectivity index (χ1) is 8.48. The second kappa shape index (κ2) is 6.50. The van der Waals surface area contributed by atoms with Gasteiger partial charge < -0.3 is 10.4 Å². The quantitative estimate of drug-likeness (QED) is 0.819. The van der Waals surface area contributed by atoms with Crippen LogP contribution >= 0.6 is 34.8 Å². The van der Waals surface area contributed by atoms with Gasteiger partial charge in [-0.15, -0.1) is 23.2 Å². The summed E-state index contributed by atoms with van der Waals surface area (Å²) in [6.07, 6.45) is 0.599. The first kappa shape index (κ1) is 15.4. The molecule has 0 aromatic heterocycles. The van der Waals surface area contributed by atoms with Crippen LogP contribution in [0.2, 0.25) is 5.02 Å². The molecule has 0 aliphatic carbocycles. The lowest BCUT2D eigenvalue weighted by Gasteiger charge is -2.29. The Balaban J connectivity index is 2.97. The lowest BCUT2D eigenvalue weighted by atomic mass is 10.0. The summed E-state index contributed by atoms with van der Waals surface area (Å²) in [7, 11) is 0. The number of nitrogens with one attached hydrogen (secondary N) is 1. The molecule has 0 saturated heterocycles. The van der Waals surface area contributed by atoms with Gasteiger partial charge in [-0.2, -0.15) is 0 Å². The van der Waals surface area contributed by atoms with Crippen LogP contribution in [0.25, 0.3) is 0 Å². The van der Waals surface area contributed by atoms with E-state index in [2.05, 4.69) is 5.32 Å². The molecule has 0 radical (unpaired) electrons. The predicted octanol–water partition coefficient (Wildman–Crippen LogP) is 3.40. The predicted molar refractivity (Wildman–Crippen MR) is 75.0 cm³/mol. The van der Waals surface area contributed by atoms with Crippen molar-refractivity contribution >= 4 is 40.7 Å². The van der Waals surface area contributed by atoms with Crippen molar-refractivity contribution in [3.8, 4) is 5.75 Å². The van der Waals surface area contributed by atoms with Gasteiger partial charge >= 0.3 is 0 Å². The second-order valence-electron chi connectivity index (χ2n) is 4.02. The highest BCUT2D eigenvalue weighted by atomic mass is 35.5. The number of hydrogen-bond acceptors (Lipinski definition) is 2. The van der Waals surface area contributed by atoms with Gasteiger partial charge in [-0.25, -0.2) is 0 Å². The number of benzene rings is 1. The molecule has 0 aliphatic heterocycles. The molecule has 6 heteroatoms. The number of amides is 1. The Morgan fingerprint density at radius 1 is 1.39 bits per heavy atom. The topological polar surface area (TPSA) is 49.3 Å². The van der Waals surface area contributed by atoms with E-state index >= 15 is 0 Å². The van der Waals surface area contributed by atoms with Gasteiger partial charge in [-0.05, 0) is 24.6 Å². The zero-order valence-electron chi connectivity index (χ0n) is 9.84. The summed E-state index contributed by atoms with van der Waals surface area (Å²) in [5.41, 5.74) is -0.473. The van der Waals surface area contributed by atoms with Gasteiger partial charge in [0.05, 0.1) is 16.1 Å². The number of aromatic hydroxyl groups is 1. The number of phenols is 1. The van der Waals surface area contributed by atoms with Crippen LogP contribution < -0.4 is 5.32 Å². The first-order valence-corrected chi connectivity index (χ1v) is 6.85. The summed E-state index contributed by atoms with van der Waals surface area (Å²) in [5, 5.41) is 12.4. The van der Waals surface area contributed by atoms with Gasteiger partial charge in [0.15, 0.2) is 0 Å². The number of alkyl halides is 2. The molecule has 0 saturated carbocycles. The molecule has 0 heterocycles. The van der Waals surface area contributed by atoms with Gasteiger partial charge in [0.25, 0.3) is 5.91 Å². The van der Waals surface area contributed by atoms with Crippen molar-refractivity contribution in [2.75, 3.05) is 11.8 Å². The minimum atomic E-state index is -0.672. The molecule has 1 aromatic carbocycles. The van der Waals surface area contributed by atoms with Crippen LogP contribution in [0.5, 0.6) is 5.75 Å². The highest BCUT2D eigenvalue weighted by Gasteiger charge is 2.29. The average molecular weight is 311 g/mol. The summed E-state index contributed by atoms with van der Waals surface area (Å²) in [6.45, 7) is 1.88. The smallest absolute Gasteiger partial charge is 0.253 e. The molecule has 0 spiro atoms. The van der Waals surface area contributed by atoms with E-state index in [1.165, 1.54) is 18.2 Å². The number of phenolic OH excluding ortho intramolecular Hbond substituents is 1. The Bertz CT molecular complexity index is 425. The fourth-order valence-corrected chi connectivity index (χ4v) is 2.38. The summed E-state index contributed by atoms with van der Waals surface area (Å²) in [5.74, 6) is -0.0212. The Kier molecular flexibility index (Phi) is 5.57. The normalized spacial score (nSPS) is 11.3. The van der Waals surface area contributed by atoms with Crippen molar-refractivity contribution in [2.24, 2.45) is 0 Å². The molecule has 0 aliphatic rings. The van der Waals surface area contributed by atoms with Crippen molar-refractivity contribution in [1.82, 2.24) is 5.32 Å². The fourth-order valence-electron chi connectivity index (χ4n) is 1.38. The van der Waals surface area contributed by atoms with E-state index in [0.29, 0.717) is 6.42 Å². The van der Waals surface area contributed by atoms with Gasteiger partial charge in [-0.3, -0.25) is 4.79 Å². The number of carbonyl (C=O) groups excluding carboxylic acids is 1.